The molecule has 0 saturated heterocycles. The molecule has 110 valence electrons. The zero-order valence-electron chi connectivity index (χ0n) is 12.2. The highest BCUT2D eigenvalue weighted by Crippen LogP contribution is 2.52. The van der Waals surface area contributed by atoms with E-state index in [9.17, 15) is 9.90 Å². The van der Waals surface area contributed by atoms with Crippen LogP contribution in [0.4, 0.5) is 0 Å². The number of rotatable bonds is 1. The van der Waals surface area contributed by atoms with E-state index >= 15 is 0 Å². The average Bonchev–Trinajstić information content (AvgIpc) is 2.94. The number of carbonyl (C=O) groups is 1. The molecule has 1 aliphatic rings. The summed E-state index contributed by atoms with van der Waals surface area (Å²) in [5.74, 6) is -0.905. The second kappa shape index (κ2) is 4.23. The predicted octanol–water partition coefficient (Wildman–Crippen LogP) is 4.93. The number of nitrogens with one attached hydrogen (secondary N) is 1. The topological polar surface area (TPSA) is 53.1 Å². The second-order valence-electron chi connectivity index (χ2n) is 6.22. The number of aromatic amines is 1. The van der Waals surface area contributed by atoms with Crippen LogP contribution in [0.25, 0.3) is 22.2 Å². The van der Waals surface area contributed by atoms with E-state index < -0.39 is 5.97 Å². The van der Waals surface area contributed by atoms with Gasteiger partial charge in [-0.05, 0) is 29.3 Å². The number of halogens is 1. The van der Waals surface area contributed by atoms with Gasteiger partial charge in [-0.1, -0.05) is 48.0 Å². The SMILES string of the molecule is CC1(C)c2ccc(Br)cc2-c2[nH]c3c(C(=O)O)cccc3c21. The number of para-hydroxylation sites is 1. The van der Waals surface area contributed by atoms with Crippen molar-refractivity contribution in [3.8, 4) is 11.3 Å². The molecule has 0 unspecified atom stereocenters. The van der Waals surface area contributed by atoms with E-state index in [0.29, 0.717) is 11.1 Å². The molecule has 0 amide bonds. The lowest BCUT2D eigenvalue weighted by Crippen LogP contribution is -2.14. The fraction of sp³-hybridized carbons (Fsp3) is 0.167. The predicted molar refractivity (Wildman–Crippen MR) is 90.5 cm³/mol. The van der Waals surface area contributed by atoms with Crippen molar-refractivity contribution in [1.29, 1.82) is 0 Å². The van der Waals surface area contributed by atoms with Gasteiger partial charge in [-0.25, -0.2) is 4.79 Å². The fourth-order valence-electron chi connectivity index (χ4n) is 3.65. The zero-order valence-corrected chi connectivity index (χ0v) is 13.8. The minimum Gasteiger partial charge on any atom is -0.478 e. The molecule has 0 radical (unpaired) electrons. The van der Waals surface area contributed by atoms with Crippen molar-refractivity contribution in [2.45, 2.75) is 19.3 Å². The standard InChI is InChI=1S/C18H14BrNO2/c1-18(2)13-7-6-9(19)8-12(13)16-14(18)10-4-3-5-11(17(21)22)15(10)20-16/h3-8,20H,1-2H3,(H,21,22). The van der Waals surface area contributed by atoms with Gasteiger partial charge in [-0.15, -0.1) is 0 Å². The molecule has 0 aliphatic heterocycles. The molecule has 4 rings (SSSR count). The number of aromatic nitrogens is 1. The minimum atomic E-state index is -0.905. The summed E-state index contributed by atoms with van der Waals surface area (Å²) in [6, 6.07) is 11.7. The van der Waals surface area contributed by atoms with E-state index in [1.165, 1.54) is 11.1 Å². The van der Waals surface area contributed by atoms with Gasteiger partial charge < -0.3 is 10.1 Å². The molecule has 1 aliphatic carbocycles. The maximum Gasteiger partial charge on any atom is 0.337 e. The maximum atomic E-state index is 11.5. The lowest BCUT2D eigenvalue weighted by molar-refractivity contribution is 0.0699. The van der Waals surface area contributed by atoms with Crippen LogP contribution in [0.5, 0.6) is 0 Å². The van der Waals surface area contributed by atoms with Crippen LogP contribution in [0, 0.1) is 0 Å². The van der Waals surface area contributed by atoms with Gasteiger partial charge in [0.1, 0.15) is 0 Å². The number of fused-ring (bicyclic) bond motifs is 5. The molecule has 2 N–H and O–H groups in total. The van der Waals surface area contributed by atoms with Gasteiger partial charge in [0.05, 0.1) is 16.8 Å². The monoisotopic (exact) mass is 355 g/mol. The van der Waals surface area contributed by atoms with E-state index in [-0.39, 0.29) is 5.41 Å². The number of hydrogen-bond acceptors (Lipinski definition) is 1. The normalized spacial score (nSPS) is 14.9. The van der Waals surface area contributed by atoms with Crippen LogP contribution in [-0.2, 0) is 5.41 Å². The first-order valence-electron chi connectivity index (χ1n) is 7.10. The van der Waals surface area contributed by atoms with Gasteiger partial charge in [-0.2, -0.15) is 0 Å². The summed E-state index contributed by atoms with van der Waals surface area (Å²) in [7, 11) is 0. The molecule has 1 aromatic heterocycles. The van der Waals surface area contributed by atoms with Crippen molar-refractivity contribution in [1.82, 2.24) is 4.98 Å². The summed E-state index contributed by atoms with van der Waals surface area (Å²) in [4.78, 5) is 14.8. The lowest BCUT2D eigenvalue weighted by atomic mass is 9.81. The maximum absolute atomic E-state index is 11.5. The molecule has 22 heavy (non-hydrogen) atoms. The van der Waals surface area contributed by atoms with Crippen LogP contribution in [0.15, 0.2) is 40.9 Å². The molecule has 1 heterocycles. The number of carboxylic acids is 1. The first-order chi connectivity index (χ1) is 10.4. The summed E-state index contributed by atoms with van der Waals surface area (Å²) in [5, 5.41) is 10.4. The molecule has 3 nitrogen and oxygen atoms in total. The zero-order chi connectivity index (χ0) is 15.6. The van der Waals surface area contributed by atoms with Crippen LogP contribution in [0.1, 0.15) is 35.3 Å². The van der Waals surface area contributed by atoms with Gasteiger partial charge in [0.25, 0.3) is 0 Å². The summed E-state index contributed by atoms with van der Waals surface area (Å²) in [6.45, 7) is 4.37. The third-order valence-corrected chi connectivity index (χ3v) is 5.11. The molecule has 0 atom stereocenters. The largest absolute Gasteiger partial charge is 0.478 e. The Hall–Kier alpha value is -2.07. The number of carboxylic acid groups (broad SMARTS) is 1. The highest BCUT2D eigenvalue weighted by atomic mass is 79.9. The Kier molecular flexibility index (Phi) is 2.61. The van der Waals surface area contributed by atoms with Crippen molar-refractivity contribution in [2.24, 2.45) is 0 Å². The molecular formula is C18H14BrNO2. The van der Waals surface area contributed by atoms with E-state index in [4.69, 9.17) is 0 Å². The van der Waals surface area contributed by atoms with Crippen molar-refractivity contribution in [3.05, 3.63) is 57.6 Å². The molecule has 2 aromatic carbocycles. The smallest absolute Gasteiger partial charge is 0.337 e. The molecule has 0 bridgehead atoms. The minimum absolute atomic E-state index is 0.152. The van der Waals surface area contributed by atoms with E-state index in [1.54, 1.807) is 6.07 Å². The van der Waals surface area contributed by atoms with Crippen molar-refractivity contribution < 1.29 is 9.90 Å². The highest BCUT2D eigenvalue weighted by Gasteiger charge is 2.39. The Morgan fingerprint density at radius 1 is 1.23 bits per heavy atom. The number of benzene rings is 2. The summed E-state index contributed by atoms with van der Waals surface area (Å²) in [6.07, 6.45) is 0. The Labute approximate surface area is 136 Å². The van der Waals surface area contributed by atoms with Gasteiger partial charge in [-0.3, -0.25) is 0 Å². The lowest BCUT2D eigenvalue weighted by Gasteiger charge is -2.21. The van der Waals surface area contributed by atoms with Crippen LogP contribution >= 0.6 is 15.9 Å². The van der Waals surface area contributed by atoms with Crippen molar-refractivity contribution in [3.63, 3.8) is 0 Å². The van der Waals surface area contributed by atoms with Crippen LogP contribution in [0.3, 0.4) is 0 Å². The van der Waals surface area contributed by atoms with Gasteiger partial charge in [0.15, 0.2) is 0 Å². The van der Waals surface area contributed by atoms with Crippen LogP contribution < -0.4 is 0 Å². The molecule has 0 fully saturated rings. The fourth-order valence-corrected chi connectivity index (χ4v) is 4.01. The number of H-pyrrole nitrogens is 1. The average molecular weight is 356 g/mol. The van der Waals surface area contributed by atoms with Crippen molar-refractivity contribution >= 4 is 32.8 Å². The molecular weight excluding hydrogens is 342 g/mol. The van der Waals surface area contributed by atoms with Gasteiger partial charge in [0, 0.05) is 20.8 Å². The van der Waals surface area contributed by atoms with E-state index in [0.717, 1.165) is 21.1 Å². The Morgan fingerprint density at radius 2 is 2.00 bits per heavy atom. The van der Waals surface area contributed by atoms with Gasteiger partial charge >= 0.3 is 5.97 Å². The molecule has 0 saturated carbocycles. The summed E-state index contributed by atoms with van der Waals surface area (Å²) >= 11 is 3.53. The first kappa shape index (κ1) is 13.6. The molecule has 3 aromatic rings. The van der Waals surface area contributed by atoms with E-state index in [1.807, 2.05) is 12.1 Å². The Bertz CT molecular complexity index is 953. The Balaban J connectivity index is 2.15. The van der Waals surface area contributed by atoms with Crippen LogP contribution in [0.2, 0.25) is 0 Å². The second-order valence-corrected chi connectivity index (χ2v) is 7.14. The summed E-state index contributed by atoms with van der Waals surface area (Å²) in [5.41, 5.74) is 5.49. The van der Waals surface area contributed by atoms with Gasteiger partial charge in [0.2, 0.25) is 0 Å². The quantitative estimate of drug-likeness (QED) is 0.649. The van der Waals surface area contributed by atoms with E-state index in [2.05, 4.69) is 53.0 Å². The summed E-state index contributed by atoms with van der Waals surface area (Å²) < 4.78 is 1.02. The first-order valence-corrected chi connectivity index (χ1v) is 7.89. The third kappa shape index (κ3) is 1.59. The van der Waals surface area contributed by atoms with Crippen LogP contribution in [-0.4, -0.2) is 16.1 Å². The third-order valence-electron chi connectivity index (χ3n) is 4.61. The Morgan fingerprint density at radius 3 is 2.73 bits per heavy atom. The molecule has 4 heteroatoms. The number of hydrogen-bond donors (Lipinski definition) is 2. The molecule has 0 spiro atoms. The van der Waals surface area contributed by atoms with Crippen molar-refractivity contribution in [2.75, 3.05) is 0 Å². The highest BCUT2D eigenvalue weighted by molar-refractivity contribution is 9.10. The number of aromatic carboxylic acids is 1.